The van der Waals surface area contributed by atoms with Gasteiger partial charge in [-0.1, -0.05) is 18.6 Å². The van der Waals surface area contributed by atoms with E-state index in [1.165, 1.54) is 29.2 Å². The summed E-state index contributed by atoms with van der Waals surface area (Å²) in [6, 6.07) is 6.19. The van der Waals surface area contributed by atoms with Crippen molar-refractivity contribution in [1.29, 1.82) is 0 Å². The van der Waals surface area contributed by atoms with Crippen molar-refractivity contribution in [3.05, 3.63) is 65.0 Å². The predicted molar refractivity (Wildman–Crippen MR) is 123 cm³/mol. The van der Waals surface area contributed by atoms with E-state index in [-0.39, 0.29) is 28.5 Å². The van der Waals surface area contributed by atoms with Crippen LogP contribution in [-0.4, -0.2) is 44.0 Å². The fraction of sp³-hybridized carbons (Fsp3) is 0.440. The number of alkyl halides is 3. The summed E-state index contributed by atoms with van der Waals surface area (Å²) in [5.41, 5.74) is -0.994. The first-order chi connectivity index (χ1) is 16.9. The number of carbonyl (C=O) groups excluding carboxylic acids is 2. The van der Waals surface area contributed by atoms with E-state index in [1.54, 1.807) is 0 Å². The van der Waals surface area contributed by atoms with Crippen molar-refractivity contribution in [2.75, 3.05) is 12.8 Å². The number of amides is 2. The van der Waals surface area contributed by atoms with Crippen LogP contribution < -0.4 is 5.32 Å². The number of benzene rings is 2. The number of rotatable bonds is 6. The van der Waals surface area contributed by atoms with Gasteiger partial charge in [0.2, 0.25) is 5.91 Å². The second-order valence-electron chi connectivity index (χ2n) is 9.37. The van der Waals surface area contributed by atoms with E-state index in [0.29, 0.717) is 31.7 Å². The summed E-state index contributed by atoms with van der Waals surface area (Å²) in [5.74, 6) is -2.19. The number of nitrogens with zero attached hydrogens (tertiary/aromatic N) is 1. The van der Waals surface area contributed by atoms with Crippen molar-refractivity contribution < 1.29 is 35.6 Å². The minimum Gasteiger partial charge on any atom is -0.347 e. The van der Waals surface area contributed by atoms with E-state index in [1.807, 2.05) is 0 Å². The Balaban J connectivity index is 1.56. The maximum Gasteiger partial charge on any atom is 0.416 e. The largest absolute Gasteiger partial charge is 0.416 e. The van der Waals surface area contributed by atoms with Gasteiger partial charge >= 0.3 is 6.18 Å². The molecule has 36 heavy (non-hydrogen) atoms. The molecule has 0 radical (unpaired) electrons. The number of likely N-dealkylation sites (tertiary alicyclic amines) is 1. The molecule has 2 fully saturated rings. The minimum atomic E-state index is -4.69. The third-order valence-electron chi connectivity index (χ3n) is 6.91. The monoisotopic (exact) mass is 526 g/mol. The number of hydrogen-bond acceptors (Lipinski definition) is 4. The van der Waals surface area contributed by atoms with Gasteiger partial charge in [-0.3, -0.25) is 9.59 Å². The quantitative estimate of drug-likeness (QED) is 0.562. The Morgan fingerprint density at radius 2 is 1.78 bits per heavy atom. The SMILES string of the molecule is CS(=O)(=O)c1cccc(C(=O)N2CCC[C@@H]2C(=O)NC(c2ccc(C(F)(F)F)cc2F)C2CCC2)c1. The Labute approximate surface area is 206 Å². The van der Waals surface area contributed by atoms with Gasteiger partial charge in [0.25, 0.3) is 5.91 Å². The van der Waals surface area contributed by atoms with Crippen molar-refractivity contribution in [2.24, 2.45) is 5.92 Å². The van der Waals surface area contributed by atoms with Crippen LogP contribution in [0.5, 0.6) is 0 Å². The van der Waals surface area contributed by atoms with E-state index < -0.39 is 51.3 Å². The molecule has 1 aliphatic heterocycles. The second-order valence-corrected chi connectivity index (χ2v) is 11.4. The molecule has 1 heterocycles. The van der Waals surface area contributed by atoms with E-state index in [9.17, 15) is 35.6 Å². The predicted octanol–water partition coefficient (Wildman–Crippen LogP) is 4.51. The normalized spacial score (nSPS) is 19.6. The molecule has 0 spiro atoms. The highest BCUT2D eigenvalue weighted by molar-refractivity contribution is 7.90. The van der Waals surface area contributed by atoms with Gasteiger partial charge in [0, 0.05) is 23.9 Å². The zero-order valence-electron chi connectivity index (χ0n) is 19.5. The van der Waals surface area contributed by atoms with Gasteiger partial charge in [-0.25, -0.2) is 12.8 Å². The molecule has 0 bridgehead atoms. The highest BCUT2D eigenvalue weighted by Crippen LogP contribution is 2.40. The van der Waals surface area contributed by atoms with Crippen LogP contribution in [-0.2, 0) is 20.8 Å². The molecule has 6 nitrogen and oxygen atoms in total. The lowest BCUT2D eigenvalue weighted by atomic mass is 9.76. The zero-order valence-corrected chi connectivity index (χ0v) is 20.3. The van der Waals surface area contributed by atoms with Crippen LogP contribution in [0.25, 0.3) is 0 Å². The van der Waals surface area contributed by atoms with Crippen LogP contribution in [0, 0.1) is 11.7 Å². The van der Waals surface area contributed by atoms with Crippen LogP contribution in [0.15, 0.2) is 47.4 Å². The van der Waals surface area contributed by atoms with Crippen molar-refractivity contribution in [3.8, 4) is 0 Å². The van der Waals surface area contributed by atoms with Crippen LogP contribution in [0.4, 0.5) is 17.6 Å². The highest BCUT2D eigenvalue weighted by Gasteiger charge is 2.39. The van der Waals surface area contributed by atoms with Crippen molar-refractivity contribution >= 4 is 21.7 Å². The van der Waals surface area contributed by atoms with Gasteiger partial charge in [-0.15, -0.1) is 0 Å². The second kappa shape index (κ2) is 9.84. The molecule has 2 amide bonds. The minimum absolute atomic E-state index is 0.0159. The highest BCUT2D eigenvalue weighted by atomic mass is 32.2. The van der Waals surface area contributed by atoms with Gasteiger partial charge in [0.1, 0.15) is 11.9 Å². The van der Waals surface area contributed by atoms with Gasteiger partial charge in [-0.2, -0.15) is 13.2 Å². The first kappa shape index (κ1) is 26.1. The van der Waals surface area contributed by atoms with Gasteiger partial charge < -0.3 is 10.2 Å². The van der Waals surface area contributed by atoms with E-state index in [2.05, 4.69) is 5.32 Å². The van der Waals surface area contributed by atoms with Crippen LogP contribution in [0.2, 0.25) is 0 Å². The van der Waals surface area contributed by atoms with Gasteiger partial charge in [-0.05, 0) is 61.9 Å². The van der Waals surface area contributed by atoms with Crippen LogP contribution in [0.1, 0.15) is 59.6 Å². The number of halogens is 4. The molecule has 2 atom stereocenters. The Kier molecular flexibility index (Phi) is 7.14. The zero-order chi connectivity index (χ0) is 26.3. The maximum atomic E-state index is 14.8. The van der Waals surface area contributed by atoms with Crippen molar-refractivity contribution in [2.45, 2.75) is 55.3 Å². The topological polar surface area (TPSA) is 83.6 Å². The van der Waals surface area contributed by atoms with Crippen molar-refractivity contribution in [1.82, 2.24) is 10.2 Å². The molecule has 1 saturated carbocycles. The average Bonchev–Trinajstić information content (AvgIpc) is 3.26. The molecule has 2 aromatic rings. The summed E-state index contributed by atoms with van der Waals surface area (Å²) in [5, 5.41) is 2.80. The van der Waals surface area contributed by atoms with Gasteiger partial charge in [0.05, 0.1) is 16.5 Å². The smallest absolute Gasteiger partial charge is 0.347 e. The van der Waals surface area contributed by atoms with Crippen LogP contribution in [0.3, 0.4) is 0 Å². The molecule has 11 heteroatoms. The standard InChI is InChI=1S/C25H26F4N2O4S/c1-36(34,35)18-8-3-7-16(13-18)24(33)31-12-4-9-21(31)23(32)30-22(15-5-2-6-15)19-11-10-17(14-20(19)26)25(27,28)29/h3,7-8,10-11,13-15,21-22H,2,4-6,9,12H2,1H3,(H,30,32)/t21-,22?/m1/s1. The lowest BCUT2D eigenvalue weighted by molar-refractivity contribution is -0.137. The van der Waals surface area contributed by atoms with Gasteiger partial charge in [0.15, 0.2) is 9.84 Å². The fourth-order valence-electron chi connectivity index (χ4n) is 4.74. The average molecular weight is 527 g/mol. The van der Waals surface area contributed by atoms with E-state index in [0.717, 1.165) is 24.8 Å². The molecular formula is C25H26F4N2O4S. The first-order valence-corrected chi connectivity index (χ1v) is 13.5. The molecule has 1 saturated heterocycles. The fourth-order valence-corrected chi connectivity index (χ4v) is 5.40. The third kappa shape index (κ3) is 5.40. The summed E-state index contributed by atoms with van der Waals surface area (Å²) in [7, 11) is -3.54. The summed E-state index contributed by atoms with van der Waals surface area (Å²) in [6.07, 6.45) is -0.510. The Hall–Kier alpha value is -2.95. The van der Waals surface area contributed by atoms with Crippen molar-refractivity contribution in [3.63, 3.8) is 0 Å². The molecule has 1 aliphatic carbocycles. The lowest BCUT2D eigenvalue weighted by Crippen LogP contribution is -2.48. The van der Waals surface area contributed by atoms with E-state index >= 15 is 0 Å². The number of nitrogens with one attached hydrogen (secondary N) is 1. The summed E-state index contributed by atoms with van der Waals surface area (Å²) >= 11 is 0. The summed E-state index contributed by atoms with van der Waals surface area (Å²) in [6.45, 7) is 0.281. The lowest BCUT2D eigenvalue weighted by Gasteiger charge is -2.36. The summed E-state index contributed by atoms with van der Waals surface area (Å²) < 4.78 is 77.5. The molecule has 1 unspecified atom stereocenters. The Bertz CT molecular complexity index is 1280. The molecule has 4 rings (SSSR count). The van der Waals surface area contributed by atoms with Crippen LogP contribution >= 0.6 is 0 Å². The Morgan fingerprint density at radius 1 is 1.06 bits per heavy atom. The third-order valence-corrected chi connectivity index (χ3v) is 8.02. The first-order valence-electron chi connectivity index (χ1n) is 11.6. The molecular weight excluding hydrogens is 500 g/mol. The Morgan fingerprint density at radius 3 is 2.36 bits per heavy atom. The number of carbonyl (C=O) groups is 2. The number of sulfone groups is 1. The molecule has 0 aromatic heterocycles. The molecule has 2 aromatic carbocycles. The maximum absolute atomic E-state index is 14.8. The number of hydrogen-bond donors (Lipinski definition) is 1. The molecule has 2 aliphatic rings. The summed E-state index contributed by atoms with van der Waals surface area (Å²) in [4.78, 5) is 27.8. The van der Waals surface area contributed by atoms with E-state index in [4.69, 9.17) is 0 Å². The molecule has 1 N–H and O–H groups in total. The molecule has 194 valence electrons.